The first-order valence-corrected chi connectivity index (χ1v) is 11.0. The minimum Gasteiger partial charge on any atom is -0.497 e. The Morgan fingerprint density at radius 1 is 1.12 bits per heavy atom. The van der Waals surface area contributed by atoms with Gasteiger partial charge in [-0.1, -0.05) is 12.1 Å². The lowest BCUT2D eigenvalue weighted by Crippen LogP contribution is -2.31. The molecule has 170 valence electrons. The first-order chi connectivity index (χ1) is 15.0. The number of carboxylic acids is 1. The highest BCUT2D eigenvalue weighted by Gasteiger charge is 2.35. The number of aryl methyl sites for hydroxylation is 1. The predicted molar refractivity (Wildman–Crippen MR) is 128 cm³/mol. The van der Waals surface area contributed by atoms with E-state index < -0.39 is 17.7 Å². The van der Waals surface area contributed by atoms with Gasteiger partial charge >= 0.3 is 5.97 Å². The van der Waals surface area contributed by atoms with Crippen LogP contribution in [0.2, 0.25) is 0 Å². The zero-order valence-corrected chi connectivity index (χ0v) is 19.9. The Labute approximate surface area is 189 Å². The molecule has 0 bridgehead atoms. The molecule has 0 amide bonds. The molecule has 1 aliphatic rings. The second-order valence-corrected chi connectivity index (χ2v) is 9.56. The quantitative estimate of drug-likeness (QED) is 0.586. The summed E-state index contributed by atoms with van der Waals surface area (Å²) in [5.74, 6) is -0.228. The predicted octanol–water partition coefficient (Wildman–Crippen LogP) is 5.32. The van der Waals surface area contributed by atoms with Crippen LogP contribution in [0.4, 0.5) is 5.69 Å². The number of carboxylic acid groups (broad SMARTS) is 1. The van der Waals surface area contributed by atoms with Crippen LogP contribution >= 0.6 is 0 Å². The van der Waals surface area contributed by atoms with Crippen LogP contribution in [0.1, 0.15) is 43.7 Å². The fraction of sp³-hybridized carbons (Fsp3) is 0.423. The van der Waals surface area contributed by atoms with Gasteiger partial charge in [-0.3, -0.25) is 0 Å². The van der Waals surface area contributed by atoms with E-state index in [1.54, 1.807) is 7.11 Å². The fourth-order valence-corrected chi connectivity index (χ4v) is 4.86. The van der Waals surface area contributed by atoms with Crippen molar-refractivity contribution in [3.63, 3.8) is 0 Å². The summed E-state index contributed by atoms with van der Waals surface area (Å²) >= 11 is 0. The molecule has 4 rings (SSSR count). The van der Waals surface area contributed by atoms with E-state index in [9.17, 15) is 9.90 Å². The van der Waals surface area contributed by atoms with Crippen LogP contribution < -0.4 is 9.64 Å². The molecule has 1 N–H and O–H groups in total. The third-order valence-electron chi connectivity index (χ3n) is 6.20. The number of rotatable bonds is 5. The van der Waals surface area contributed by atoms with Crippen molar-refractivity contribution in [2.45, 2.75) is 52.9 Å². The zero-order chi connectivity index (χ0) is 23.4. The number of ether oxygens (including phenoxy) is 2. The average molecular weight is 437 g/mol. The number of benzene rings is 2. The summed E-state index contributed by atoms with van der Waals surface area (Å²) in [6.45, 7) is 11.6. The fourth-order valence-electron chi connectivity index (χ4n) is 4.86. The van der Waals surface area contributed by atoms with Gasteiger partial charge in [0.25, 0.3) is 0 Å². The summed E-state index contributed by atoms with van der Waals surface area (Å²) in [5.41, 5.74) is 6.31. The summed E-state index contributed by atoms with van der Waals surface area (Å²) in [4.78, 5) is 14.8. The first-order valence-electron chi connectivity index (χ1n) is 11.0. The molecule has 0 aliphatic carbocycles. The number of anilines is 1. The molecule has 2 aromatic carbocycles. The Morgan fingerprint density at radius 2 is 1.78 bits per heavy atom. The normalized spacial score (nSPS) is 14.7. The lowest BCUT2D eigenvalue weighted by atomic mass is 9.87. The van der Waals surface area contributed by atoms with Crippen molar-refractivity contribution >= 4 is 22.6 Å². The standard InChI is InChI=1S/C26H32N2O4/c1-15-14-19-21(17-8-10-18(31-7)11-9-17)20(24(25(29)30)32-26(3,4)5)16(2)22-23(19)28(15)13-12-27(22)6/h8-11,14,24H,12-13H2,1-7H3,(H,29,30)/t24-/m0/s1. The van der Waals surface area contributed by atoms with Crippen molar-refractivity contribution in [1.82, 2.24) is 4.57 Å². The van der Waals surface area contributed by atoms with Crippen molar-refractivity contribution in [3.8, 4) is 16.9 Å². The second-order valence-electron chi connectivity index (χ2n) is 9.56. The molecule has 1 aliphatic heterocycles. The summed E-state index contributed by atoms with van der Waals surface area (Å²) in [6, 6.07) is 9.99. The third kappa shape index (κ3) is 3.62. The molecule has 0 saturated carbocycles. The highest BCUT2D eigenvalue weighted by atomic mass is 16.5. The molecular formula is C26H32N2O4. The summed E-state index contributed by atoms with van der Waals surface area (Å²) in [6.07, 6.45) is -1.09. The molecule has 32 heavy (non-hydrogen) atoms. The molecular weight excluding hydrogens is 404 g/mol. The van der Waals surface area contributed by atoms with Crippen LogP contribution in [0.5, 0.6) is 5.75 Å². The van der Waals surface area contributed by atoms with Crippen LogP contribution in [0, 0.1) is 13.8 Å². The summed E-state index contributed by atoms with van der Waals surface area (Å²) in [5, 5.41) is 11.3. The van der Waals surface area contributed by atoms with E-state index in [1.807, 2.05) is 52.0 Å². The Hall–Kier alpha value is -2.99. The highest BCUT2D eigenvalue weighted by Crippen LogP contribution is 2.47. The van der Waals surface area contributed by atoms with Crippen LogP contribution in [0.3, 0.4) is 0 Å². The number of aromatic nitrogens is 1. The van der Waals surface area contributed by atoms with Crippen LogP contribution in [0.15, 0.2) is 30.3 Å². The largest absolute Gasteiger partial charge is 0.497 e. The average Bonchev–Trinajstić information content (AvgIpc) is 3.05. The molecule has 1 atom stereocenters. The van der Waals surface area contributed by atoms with E-state index >= 15 is 0 Å². The van der Waals surface area contributed by atoms with Crippen LogP contribution in [-0.2, 0) is 16.1 Å². The molecule has 2 heterocycles. The van der Waals surface area contributed by atoms with Crippen molar-refractivity contribution in [2.24, 2.45) is 0 Å². The Morgan fingerprint density at radius 3 is 2.34 bits per heavy atom. The topological polar surface area (TPSA) is 63.9 Å². The number of carbonyl (C=O) groups is 1. The lowest BCUT2D eigenvalue weighted by Gasteiger charge is -2.34. The van der Waals surface area contributed by atoms with Gasteiger partial charge < -0.3 is 24.0 Å². The van der Waals surface area contributed by atoms with Crippen molar-refractivity contribution in [3.05, 3.63) is 47.2 Å². The number of nitrogens with zero attached hydrogens (tertiary/aromatic N) is 2. The number of hydrogen-bond acceptors (Lipinski definition) is 4. The molecule has 0 spiro atoms. The van der Waals surface area contributed by atoms with Gasteiger partial charge in [0.15, 0.2) is 6.10 Å². The van der Waals surface area contributed by atoms with E-state index in [2.05, 4.69) is 29.5 Å². The molecule has 1 aromatic heterocycles. The molecule has 6 nitrogen and oxygen atoms in total. The van der Waals surface area contributed by atoms with Gasteiger partial charge in [-0.25, -0.2) is 4.79 Å². The smallest absolute Gasteiger partial charge is 0.337 e. The van der Waals surface area contributed by atoms with Gasteiger partial charge in [0, 0.05) is 36.8 Å². The van der Waals surface area contributed by atoms with Crippen molar-refractivity contribution < 1.29 is 19.4 Å². The van der Waals surface area contributed by atoms with Gasteiger partial charge in [-0.2, -0.15) is 0 Å². The minimum absolute atomic E-state index is 0.618. The van der Waals surface area contributed by atoms with E-state index in [0.717, 1.165) is 52.1 Å². The summed E-state index contributed by atoms with van der Waals surface area (Å²) in [7, 11) is 3.71. The maximum absolute atomic E-state index is 12.6. The van der Waals surface area contributed by atoms with Crippen LogP contribution in [-0.4, -0.2) is 41.9 Å². The minimum atomic E-state index is -1.09. The molecule has 0 fully saturated rings. The second kappa shape index (κ2) is 7.85. The first kappa shape index (κ1) is 22.2. The van der Waals surface area contributed by atoms with E-state index in [4.69, 9.17) is 9.47 Å². The van der Waals surface area contributed by atoms with Gasteiger partial charge in [0.2, 0.25) is 0 Å². The van der Waals surface area contributed by atoms with Crippen molar-refractivity contribution in [2.75, 3.05) is 25.6 Å². The Kier molecular flexibility index (Phi) is 5.45. The summed E-state index contributed by atoms with van der Waals surface area (Å²) < 4.78 is 13.9. The number of aliphatic carboxylic acids is 1. The zero-order valence-electron chi connectivity index (χ0n) is 19.9. The number of likely N-dealkylation sites (N-methyl/N-ethyl adjacent to an activating group) is 1. The molecule has 0 radical (unpaired) electrons. The maximum Gasteiger partial charge on any atom is 0.337 e. The van der Waals surface area contributed by atoms with E-state index in [-0.39, 0.29) is 0 Å². The maximum atomic E-state index is 12.6. The van der Waals surface area contributed by atoms with Gasteiger partial charge in [0.1, 0.15) is 5.75 Å². The molecule has 0 saturated heterocycles. The van der Waals surface area contributed by atoms with Crippen LogP contribution in [0.25, 0.3) is 22.0 Å². The number of hydrogen-bond donors (Lipinski definition) is 1. The Balaban J connectivity index is 2.13. The van der Waals surface area contributed by atoms with Gasteiger partial charge in [-0.05, 0) is 69.5 Å². The lowest BCUT2D eigenvalue weighted by molar-refractivity contribution is -0.160. The van der Waals surface area contributed by atoms with Gasteiger partial charge in [0.05, 0.1) is 23.9 Å². The molecule has 0 unspecified atom stereocenters. The third-order valence-corrected chi connectivity index (χ3v) is 6.20. The molecule has 3 aromatic rings. The van der Waals surface area contributed by atoms with E-state index in [0.29, 0.717) is 5.56 Å². The Bertz CT molecular complexity index is 1190. The highest BCUT2D eigenvalue weighted by molar-refractivity contribution is 6.07. The SMILES string of the molecule is COc1ccc(-c2c([C@H](OC(C)(C)C)C(=O)O)c(C)c3c4c2cc(C)n4CCN3C)cc1. The van der Waals surface area contributed by atoms with Gasteiger partial charge in [-0.15, -0.1) is 0 Å². The van der Waals surface area contributed by atoms with Crippen molar-refractivity contribution in [1.29, 1.82) is 0 Å². The van der Waals surface area contributed by atoms with E-state index in [1.165, 1.54) is 5.69 Å². The molecule has 6 heteroatoms. The number of methoxy groups -OCH3 is 1. The monoisotopic (exact) mass is 436 g/mol.